The van der Waals surface area contributed by atoms with Crippen LogP contribution in [-0.4, -0.2) is 24.3 Å². The van der Waals surface area contributed by atoms with Crippen LogP contribution in [-0.2, 0) is 4.74 Å². The molecule has 0 heterocycles. The summed E-state index contributed by atoms with van der Waals surface area (Å²) in [6.45, 7) is 0.287. The molecule has 0 saturated heterocycles. The number of aromatic hydroxyl groups is 1. The van der Waals surface area contributed by atoms with Crippen LogP contribution in [0, 0.1) is 0 Å². The Morgan fingerprint density at radius 1 is 1.14 bits per heavy atom. The summed E-state index contributed by atoms with van der Waals surface area (Å²) in [5, 5.41) is 9.92. The van der Waals surface area contributed by atoms with E-state index in [4.69, 9.17) is 21.1 Å². The largest absolute Gasteiger partial charge is 0.507 e. The van der Waals surface area contributed by atoms with Gasteiger partial charge in [-0.2, -0.15) is 0 Å². The molecule has 110 valence electrons. The monoisotopic (exact) mass is 370 g/mol. The van der Waals surface area contributed by atoms with Crippen molar-refractivity contribution >= 4 is 33.5 Å². The van der Waals surface area contributed by atoms with Gasteiger partial charge in [-0.25, -0.2) is 4.79 Å². The first kappa shape index (κ1) is 15.7. The molecule has 0 amide bonds. The SMILES string of the molecule is O=C(OCCOc1ccc(Br)cc1)c1cc(Cl)ccc1O. The molecule has 0 aliphatic carbocycles. The zero-order chi connectivity index (χ0) is 15.2. The summed E-state index contributed by atoms with van der Waals surface area (Å²) in [5.41, 5.74) is 0.0335. The Morgan fingerprint density at radius 2 is 1.86 bits per heavy atom. The average molecular weight is 372 g/mol. The highest BCUT2D eigenvalue weighted by Gasteiger charge is 2.13. The zero-order valence-electron chi connectivity index (χ0n) is 10.9. The quantitative estimate of drug-likeness (QED) is 0.636. The van der Waals surface area contributed by atoms with Crippen LogP contribution >= 0.6 is 27.5 Å². The smallest absolute Gasteiger partial charge is 0.342 e. The minimum absolute atomic E-state index is 0.0335. The minimum atomic E-state index is -0.644. The van der Waals surface area contributed by atoms with Crippen LogP contribution < -0.4 is 4.74 Å². The molecule has 1 N–H and O–H groups in total. The number of carbonyl (C=O) groups is 1. The molecule has 6 heteroatoms. The number of hydrogen-bond donors (Lipinski definition) is 1. The Kier molecular flexibility index (Phi) is 5.47. The first-order valence-corrected chi connectivity index (χ1v) is 7.27. The number of benzene rings is 2. The molecule has 0 spiro atoms. The van der Waals surface area contributed by atoms with Crippen molar-refractivity contribution in [3.63, 3.8) is 0 Å². The molecule has 0 atom stereocenters. The lowest BCUT2D eigenvalue weighted by Gasteiger charge is -2.08. The number of halogens is 2. The Morgan fingerprint density at radius 3 is 2.57 bits per heavy atom. The van der Waals surface area contributed by atoms with Gasteiger partial charge < -0.3 is 14.6 Å². The molecule has 0 radical (unpaired) electrons. The summed E-state index contributed by atoms with van der Waals surface area (Å²) in [6, 6.07) is 11.5. The van der Waals surface area contributed by atoms with Crippen molar-refractivity contribution in [2.24, 2.45) is 0 Å². The molecule has 0 aliphatic heterocycles. The summed E-state index contributed by atoms with van der Waals surface area (Å²) in [4.78, 5) is 11.8. The van der Waals surface area contributed by atoms with E-state index in [1.165, 1.54) is 18.2 Å². The van der Waals surface area contributed by atoms with E-state index in [2.05, 4.69) is 15.9 Å². The maximum absolute atomic E-state index is 11.8. The van der Waals surface area contributed by atoms with Crippen LogP contribution in [0.3, 0.4) is 0 Å². The van der Waals surface area contributed by atoms with Gasteiger partial charge in [0.2, 0.25) is 0 Å². The fourth-order valence-electron chi connectivity index (χ4n) is 1.57. The van der Waals surface area contributed by atoms with E-state index in [0.29, 0.717) is 10.8 Å². The predicted octanol–water partition coefficient (Wildman–Crippen LogP) is 4.04. The number of phenols is 1. The second-order valence-electron chi connectivity index (χ2n) is 4.10. The summed E-state index contributed by atoms with van der Waals surface area (Å²) < 4.78 is 11.4. The van der Waals surface area contributed by atoms with Gasteiger partial charge in [0.25, 0.3) is 0 Å². The predicted molar refractivity (Wildman–Crippen MR) is 83.0 cm³/mol. The zero-order valence-corrected chi connectivity index (χ0v) is 13.2. The van der Waals surface area contributed by atoms with Gasteiger partial charge in [0.1, 0.15) is 30.3 Å². The molecule has 0 fully saturated rings. The maximum Gasteiger partial charge on any atom is 0.342 e. The molecular weight excluding hydrogens is 360 g/mol. The molecule has 0 saturated carbocycles. The van der Waals surface area contributed by atoms with Gasteiger partial charge in [-0.15, -0.1) is 0 Å². The molecular formula is C15H12BrClO4. The van der Waals surface area contributed by atoms with Gasteiger partial charge in [-0.1, -0.05) is 27.5 Å². The van der Waals surface area contributed by atoms with Gasteiger partial charge >= 0.3 is 5.97 Å². The average Bonchev–Trinajstić information content (AvgIpc) is 2.47. The Labute approximate surface area is 135 Å². The standard InChI is InChI=1S/C15H12BrClO4/c16-10-1-4-12(5-2-10)20-7-8-21-15(19)13-9-11(17)3-6-14(13)18/h1-6,9,18H,7-8H2. The Hall–Kier alpha value is -1.72. The number of hydrogen-bond acceptors (Lipinski definition) is 4. The summed E-state index contributed by atoms with van der Waals surface area (Å²) in [6.07, 6.45) is 0. The van der Waals surface area contributed by atoms with Crippen LogP contribution in [0.2, 0.25) is 5.02 Å². The molecule has 2 aromatic rings. The summed E-state index contributed by atoms with van der Waals surface area (Å²) in [7, 11) is 0. The van der Waals surface area contributed by atoms with Gasteiger partial charge in [-0.3, -0.25) is 0 Å². The number of rotatable bonds is 5. The van der Waals surface area contributed by atoms with E-state index in [0.717, 1.165) is 4.47 Å². The van der Waals surface area contributed by atoms with Crippen LogP contribution in [0.15, 0.2) is 46.9 Å². The van der Waals surface area contributed by atoms with Crippen molar-refractivity contribution in [2.45, 2.75) is 0 Å². The summed E-state index contributed by atoms with van der Waals surface area (Å²) >= 11 is 9.09. The summed E-state index contributed by atoms with van der Waals surface area (Å²) in [5.74, 6) is -0.132. The molecule has 21 heavy (non-hydrogen) atoms. The van der Waals surface area contributed by atoms with Crippen LogP contribution in [0.5, 0.6) is 11.5 Å². The lowest BCUT2D eigenvalue weighted by Crippen LogP contribution is -2.12. The van der Waals surface area contributed by atoms with Crippen molar-refractivity contribution < 1.29 is 19.4 Å². The van der Waals surface area contributed by atoms with Crippen molar-refractivity contribution in [3.8, 4) is 11.5 Å². The Balaban J connectivity index is 1.81. The normalized spacial score (nSPS) is 10.2. The number of esters is 1. The highest BCUT2D eigenvalue weighted by molar-refractivity contribution is 9.10. The van der Waals surface area contributed by atoms with Gasteiger partial charge in [0.15, 0.2) is 0 Å². The van der Waals surface area contributed by atoms with Crippen LogP contribution in [0.25, 0.3) is 0 Å². The van der Waals surface area contributed by atoms with E-state index in [-0.39, 0.29) is 24.5 Å². The Bertz CT molecular complexity index is 628. The van der Waals surface area contributed by atoms with Crippen molar-refractivity contribution in [3.05, 3.63) is 57.5 Å². The molecule has 2 aromatic carbocycles. The molecule has 0 aromatic heterocycles. The van der Waals surface area contributed by atoms with Gasteiger partial charge in [-0.05, 0) is 42.5 Å². The number of carbonyl (C=O) groups excluding carboxylic acids is 1. The highest BCUT2D eigenvalue weighted by atomic mass is 79.9. The van der Waals surface area contributed by atoms with Crippen LogP contribution in [0.1, 0.15) is 10.4 Å². The van der Waals surface area contributed by atoms with E-state index >= 15 is 0 Å². The fraction of sp³-hybridized carbons (Fsp3) is 0.133. The lowest BCUT2D eigenvalue weighted by molar-refractivity contribution is 0.0447. The van der Waals surface area contributed by atoms with Crippen molar-refractivity contribution in [2.75, 3.05) is 13.2 Å². The number of phenolic OH excluding ortho intramolecular Hbond substituents is 1. The van der Waals surface area contributed by atoms with E-state index in [1.54, 1.807) is 12.1 Å². The first-order valence-electron chi connectivity index (χ1n) is 6.10. The van der Waals surface area contributed by atoms with E-state index in [9.17, 15) is 9.90 Å². The second-order valence-corrected chi connectivity index (χ2v) is 5.45. The number of ether oxygens (including phenoxy) is 2. The highest BCUT2D eigenvalue weighted by Crippen LogP contribution is 2.22. The molecule has 0 unspecified atom stereocenters. The van der Waals surface area contributed by atoms with Crippen molar-refractivity contribution in [1.82, 2.24) is 0 Å². The third kappa shape index (κ3) is 4.65. The second kappa shape index (κ2) is 7.33. The molecule has 0 aliphatic rings. The van der Waals surface area contributed by atoms with E-state index < -0.39 is 5.97 Å². The van der Waals surface area contributed by atoms with Crippen LogP contribution in [0.4, 0.5) is 0 Å². The topological polar surface area (TPSA) is 55.8 Å². The maximum atomic E-state index is 11.8. The molecule has 4 nitrogen and oxygen atoms in total. The van der Waals surface area contributed by atoms with Gasteiger partial charge in [0, 0.05) is 9.50 Å². The third-order valence-electron chi connectivity index (χ3n) is 2.58. The third-order valence-corrected chi connectivity index (χ3v) is 3.34. The van der Waals surface area contributed by atoms with E-state index in [1.807, 2.05) is 12.1 Å². The minimum Gasteiger partial charge on any atom is -0.507 e. The molecule has 2 rings (SSSR count). The fourth-order valence-corrected chi connectivity index (χ4v) is 2.01. The molecule has 0 bridgehead atoms. The first-order chi connectivity index (χ1) is 10.1. The lowest BCUT2D eigenvalue weighted by atomic mass is 10.2. The van der Waals surface area contributed by atoms with Gasteiger partial charge in [0.05, 0.1) is 0 Å². The van der Waals surface area contributed by atoms with Crippen molar-refractivity contribution in [1.29, 1.82) is 0 Å².